The minimum Gasteiger partial charge on any atom is -0.346 e. The molecule has 2 aromatic heterocycles. The van der Waals surface area contributed by atoms with E-state index in [0.29, 0.717) is 0 Å². The Labute approximate surface area is 321 Å². The summed E-state index contributed by atoms with van der Waals surface area (Å²) < 4.78 is 4.88. The van der Waals surface area contributed by atoms with Gasteiger partial charge in [0.2, 0.25) is 0 Å². The van der Waals surface area contributed by atoms with Gasteiger partial charge in [0.05, 0.1) is 22.1 Å². The van der Waals surface area contributed by atoms with Gasteiger partial charge in [0, 0.05) is 33.2 Å². The first kappa shape index (κ1) is 35.9. The molecule has 4 heteroatoms. The van der Waals surface area contributed by atoms with E-state index in [1.54, 1.807) is 0 Å². The van der Waals surface area contributed by atoms with Gasteiger partial charge in [0.15, 0.2) is 0 Å². The standard InChI is InChI=1S/C50H56N4/c1-47(2,3)32-18-22-40-36(26-32)37-27-33(48(4,5)6)19-23-41(37)53(40)44-30-45(52-46(51-44)31-16-14-13-15-17-31)54-42-24-20-34(49(7,8)9)28-38(42)39-29-35(50(10,11)12)21-25-43(39)54/h13-30,44H,1-12H3,(H,51,52). The van der Waals surface area contributed by atoms with Crippen LogP contribution in [0.3, 0.4) is 0 Å². The topological polar surface area (TPSA) is 34.2 Å². The average Bonchev–Trinajstić information content (AvgIpc) is 3.62. The summed E-state index contributed by atoms with van der Waals surface area (Å²) in [5, 5.41) is 9.00. The first-order chi connectivity index (χ1) is 25.3. The highest BCUT2D eigenvalue weighted by Gasteiger charge is 2.28. The summed E-state index contributed by atoms with van der Waals surface area (Å²) in [5.74, 6) is 1.77. The van der Waals surface area contributed by atoms with Crippen LogP contribution in [0.15, 0.2) is 114 Å². The molecule has 1 unspecified atom stereocenters. The number of nitrogens with one attached hydrogen (secondary N) is 1. The van der Waals surface area contributed by atoms with E-state index in [1.807, 2.05) is 0 Å². The number of aromatic nitrogens is 2. The van der Waals surface area contributed by atoms with Crippen molar-refractivity contribution < 1.29 is 0 Å². The van der Waals surface area contributed by atoms with Gasteiger partial charge in [-0.3, -0.25) is 4.57 Å². The molecule has 0 aliphatic carbocycles. The second-order valence-corrected chi connectivity index (χ2v) is 19.6. The molecule has 1 N–H and O–H groups in total. The van der Waals surface area contributed by atoms with Gasteiger partial charge >= 0.3 is 0 Å². The summed E-state index contributed by atoms with van der Waals surface area (Å²) in [7, 11) is 0. The fraction of sp³-hybridized carbons (Fsp3) is 0.340. The van der Waals surface area contributed by atoms with Crippen LogP contribution in [-0.2, 0) is 21.7 Å². The number of benzene rings is 5. The monoisotopic (exact) mass is 712 g/mol. The Hall–Kier alpha value is -5.09. The SMILES string of the molecule is CC(C)(C)c1ccc2c(c1)c1cc(C(C)(C)C)ccc1n2C1=CC(n2c3ccc(C(C)(C)C)cc3c3cc(C(C)(C)C)ccc32)NC(c2ccccc2)=N1. The van der Waals surface area contributed by atoms with Crippen LogP contribution in [0.25, 0.3) is 49.4 Å². The maximum Gasteiger partial charge on any atom is 0.139 e. The van der Waals surface area contributed by atoms with Crippen LogP contribution in [0.1, 0.15) is 117 Å². The maximum absolute atomic E-state index is 5.47. The average molecular weight is 713 g/mol. The van der Waals surface area contributed by atoms with Crippen LogP contribution in [-0.4, -0.2) is 15.0 Å². The highest BCUT2D eigenvalue weighted by atomic mass is 15.3. The quantitative estimate of drug-likeness (QED) is 0.194. The van der Waals surface area contributed by atoms with Crippen LogP contribution >= 0.6 is 0 Å². The molecule has 5 aromatic carbocycles. The number of hydrogen-bond acceptors (Lipinski definition) is 2. The smallest absolute Gasteiger partial charge is 0.139 e. The molecular formula is C50H56N4. The summed E-state index contributed by atoms with van der Waals surface area (Å²) >= 11 is 0. The lowest BCUT2D eigenvalue weighted by molar-refractivity contribution is 0.588. The van der Waals surface area contributed by atoms with Gasteiger partial charge in [-0.2, -0.15) is 0 Å². The lowest BCUT2D eigenvalue weighted by Crippen LogP contribution is -2.35. The minimum absolute atomic E-state index is 0.0260. The normalized spacial score (nSPS) is 16.0. The summed E-state index contributed by atoms with van der Waals surface area (Å²) in [4.78, 5) is 5.47. The molecule has 1 atom stereocenters. The van der Waals surface area contributed by atoms with Gasteiger partial charge in [0.1, 0.15) is 17.8 Å². The van der Waals surface area contributed by atoms with Crippen molar-refractivity contribution in [1.29, 1.82) is 0 Å². The second kappa shape index (κ2) is 12.2. The number of amidine groups is 1. The van der Waals surface area contributed by atoms with E-state index in [9.17, 15) is 0 Å². The molecule has 0 saturated heterocycles. The van der Waals surface area contributed by atoms with Crippen molar-refractivity contribution in [3.05, 3.63) is 137 Å². The molecule has 1 aliphatic heterocycles. The number of aliphatic imine (C=N–C) groups is 1. The van der Waals surface area contributed by atoms with Gasteiger partial charge < -0.3 is 9.88 Å². The molecular weight excluding hydrogens is 657 g/mol. The highest BCUT2D eigenvalue weighted by Crippen LogP contribution is 2.41. The Bertz CT molecular complexity index is 2510. The van der Waals surface area contributed by atoms with Crippen LogP contribution in [0.2, 0.25) is 0 Å². The van der Waals surface area contributed by atoms with Crippen molar-refractivity contribution >= 4 is 55.3 Å². The number of fused-ring (bicyclic) bond motifs is 6. The van der Waals surface area contributed by atoms with E-state index < -0.39 is 0 Å². The largest absolute Gasteiger partial charge is 0.346 e. The zero-order valence-corrected chi connectivity index (χ0v) is 34.3. The van der Waals surface area contributed by atoms with Crippen LogP contribution in [0, 0.1) is 0 Å². The summed E-state index contributed by atoms with van der Waals surface area (Å²) in [5.41, 5.74) is 11.3. The molecule has 0 bridgehead atoms. The summed E-state index contributed by atoms with van der Waals surface area (Å²) in [6.45, 7) is 27.6. The van der Waals surface area contributed by atoms with Crippen molar-refractivity contribution in [2.24, 2.45) is 4.99 Å². The zero-order chi connectivity index (χ0) is 38.5. The predicted octanol–water partition coefficient (Wildman–Crippen LogP) is 13.1. The number of nitrogens with zero attached hydrogens (tertiary/aromatic N) is 3. The van der Waals surface area contributed by atoms with E-state index in [0.717, 1.165) is 17.2 Å². The van der Waals surface area contributed by atoms with Crippen molar-refractivity contribution in [2.75, 3.05) is 0 Å². The second-order valence-electron chi connectivity index (χ2n) is 19.6. The van der Waals surface area contributed by atoms with E-state index >= 15 is 0 Å². The first-order valence-corrected chi connectivity index (χ1v) is 19.6. The highest BCUT2D eigenvalue weighted by molar-refractivity contribution is 6.12. The van der Waals surface area contributed by atoms with E-state index in [2.05, 4.69) is 207 Å². The number of hydrogen-bond donors (Lipinski definition) is 1. The fourth-order valence-electron chi connectivity index (χ4n) is 8.00. The third-order valence-electron chi connectivity index (χ3n) is 11.4. The molecule has 7 aromatic rings. The maximum atomic E-state index is 5.47. The van der Waals surface area contributed by atoms with E-state index in [1.165, 1.54) is 65.9 Å². The van der Waals surface area contributed by atoms with Crippen molar-refractivity contribution in [3.8, 4) is 0 Å². The molecule has 1 aliphatic rings. The third kappa shape index (κ3) is 6.14. The van der Waals surface area contributed by atoms with Crippen LogP contribution < -0.4 is 5.32 Å². The Morgan fingerprint density at radius 2 is 0.833 bits per heavy atom. The van der Waals surface area contributed by atoms with Gasteiger partial charge in [-0.1, -0.05) is 138 Å². The van der Waals surface area contributed by atoms with Gasteiger partial charge in [-0.15, -0.1) is 0 Å². The van der Waals surface area contributed by atoms with Crippen LogP contribution in [0.4, 0.5) is 0 Å². The molecule has 4 nitrogen and oxygen atoms in total. The Kier molecular flexibility index (Phi) is 8.12. The predicted molar refractivity (Wildman–Crippen MR) is 233 cm³/mol. The lowest BCUT2D eigenvalue weighted by atomic mass is 9.85. The number of rotatable bonds is 3. The molecule has 54 heavy (non-hydrogen) atoms. The molecule has 3 heterocycles. The van der Waals surface area contributed by atoms with Gasteiger partial charge in [0.25, 0.3) is 0 Å². The molecule has 276 valence electrons. The molecule has 0 saturated carbocycles. The van der Waals surface area contributed by atoms with E-state index in [4.69, 9.17) is 4.99 Å². The van der Waals surface area contributed by atoms with Crippen molar-refractivity contribution in [1.82, 2.24) is 14.5 Å². The zero-order valence-electron chi connectivity index (χ0n) is 34.3. The van der Waals surface area contributed by atoms with Crippen LogP contribution in [0.5, 0.6) is 0 Å². The molecule has 0 radical (unpaired) electrons. The summed E-state index contributed by atoms with van der Waals surface area (Å²) in [6.07, 6.45) is 2.12. The van der Waals surface area contributed by atoms with Gasteiger partial charge in [-0.05, 0) is 92.4 Å². The minimum atomic E-state index is -0.205. The Balaban J connectivity index is 1.43. The molecule has 0 fully saturated rings. The Morgan fingerprint density at radius 1 is 0.463 bits per heavy atom. The third-order valence-corrected chi connectivity index (χ3v) is 11.4. The van der Waals surface area contributed by atoms with E-state index in [-0.39, 0.29) is 27.8 Å². The fourth-order valence-corrected chi connectivity index (χ4v) is 8.00. The van der Waals surface area contributed by atoms with Crippen molar-refractivity contribution in [2.45, 2.75) is 111 Å². The first-order valence-electron chi connectivity index (χ1n) is 19.6. The molecule has 0 amide bonds. The molecule has 0 spiro atoms. The van der Waals surface area contributed by atoms with Gasteiger partial charge in [-0.25, -0.2) is 4.99 Å². The lowest BCUT2D eigenvalue weighted by Gasteiger charge is -2.28. The summed E-state index contributed by atoms with van der Waals surface area (Å²) in [6, 6.07) is 38.7. The van der Waals surface area contributed by atoms with Crippen molar-refractivity contribution in [3.63, 3.8) is 0 Å². The Morgan fingerprint density at radius 3 is 1.22 bits per heavy atom. The molecule has 8 rings (SSSR count).